The van der Waals surface area contributed by atoms with Gasteiger partial charge in [-0.25, -0.2) is 0 Å². The zero-order valence-electron chi connectivity index (χ0n) is 3.04. The van der Waals surface area contributed by atoms with E-state index in [1.165, 1.54) is 0 Å². The summed E-state index contributed by atoms with van der Waals surface area (Å²) in [5.74, 6) is 0. The molecule has 0 aromatic carbocycles. The van der Waals surface area contributed by atoms with Crippen LogP contribution in [0.4, 0.5) is 0 Å². The third-order valence-electron chi connectivity index (χ3n) is 0. The third-order valence-corrected chi connectivity index (χ3v) is 0. The number of rotatable bonds is 0. The molecular formula is H4NiO5Sn. The first-order valence-corrected chi connectivity index (χ1v) is 4.11. The van der Waals surface area contributed by atoms with Gasteiger partial charge >= 0.3 is 47.0 Å². The summed E-state index contributed by atoms with van der Waals surface area (Å²) in [6, 6.07) is 0. The Morgan fingerprint density at radius 3 is 1.14 bits per heavy atom. The first kappa shape index (κ1) is 24.7. The molecule has 0 heterocycles. The molecule has 0 aliphatic rings. The summed E-state index contributed by atoms with van der Waals surface area (Å²) in [7, 11) is 0. The van der Waals surface area contributed by atoms with E-state index in [9.17, 15) is 0 Å². The van der Waals surface area contributed by atoms with Gasteiger partial charge in [-0.05, 0) is 0 Å². The zero-order chi connectivity index (χ0) is 3.58. The standard InChI is InChI=1S/Ni.2H2O.3O.Sn/h;2*1H2;;;;/q+2;;;;2*-1;. The molecule has 5 nitrogen and oxygen atoms in total. The van der Waals surface area contributed by atoms with Gasteiger partial charge in [0.15, 0.2) is 0 Å². The summed E-state index contributed by atoms with van der Waals surface area (Å²) >= 11 is -4.29. The monoisotopic (exact) mass is 262 g/mol. The molecule has 7 heteroatoms. The molecule has 4 N–H and O–H groups in total. The van der Waals surface area contributed by atoms with E-state index in [1.807, 2.05) is 0 Å². The Morgan fingerprint density at radius 2 is 1.14 bits per heavy atom. The SMILES string of the molecule is O.O.[Ni+2].[O]=[Sn]([O-])[O-]. The average Bonchev–Trinajstić information content (AvgIpc) is 0.811. The van der Waals surface area contributed by atoms with Gasteiger partial charge in [0, 0.05) is 0 Å². The topological polar surface area (TPSA) is 126 Å². The Bertz CT molecular complexity index is 31.1. The predicted molar refractivity (Wildman–Crippen MR) is 13.7 cm³/mol. The van der Waals surface area contributed by atoms with Crippen molar-refractivity contribution in [2.24, 2.45) is 0 Å². The van der Waals surface area contributed by atoms with Gasteiger partial charge in [0.25, 0.3) is 0 Å². The molecule has 0 saturated carbocycles. The minimum absolute atomic E-state index is 0. The van der Waals surface area contributed by atoms with Gasteiger partial charge in [-0.1, -0.05) is 0 Å². The summed E-state index contributed by atoms with van der Waals surface area (Å²) in [6.45, 7) is 0. The number of hydrogen-bond donors (Lipinski definition) is 0. The second kappa shape index (κ2) is 15.8. The fourth-order valence-electron chi connectivity index (χ4n) is 0. The molecule has 0 spiro atoms. The van der Waals surface area contributed by atoms with Crippen LogP contribution in [0.3, 0.4) is 0 Å². The molecular weight excluding hydrogens is 257 g/mol. The Hall–Kier alpha value is 0.932. The third kappa shape index (κ3) is 194. The fourth-order valence-corrected chi connectivity index (χ4v) is 0. The van der Waals surface area contributed by atoms with E-state index in [0.29, 0.717) is 0 Å². The van der Waals surface area contributed by atoms with Crippen LogP contribution in [0.25, 0.3) is 0 Å². The second-order valence-corrected chi connectivity index (χ2v) is 1.68. The predicted octanol–water partition coefficient (Wildman–Crippen LogP) is -4.53. The molecule has 7 heavy (non-hydrogen) atoms. The van der Waals surface area contributed by atoms with Crippen LogP contribution in [-0.4, -0.2) is 31.5 Å². The van der Waals surface area contributed by atoms with Gasteiger partial charge in [0.1, 0.15) is 0 Å². The van der Waals surface area contributed by atoms with Crippen LogP contribution >= 0.6 is 0 Å². The van der Waals surface area contributed by atoms with Gasteiger partial charge in [-0.2, -0.15) is 0 Å². The first-order valence-electron chi connectivity index (χ1n) is 0.612. The molecule has 0 saturated heterocycles. The molecule has 0 rings (SSSR count). The summed E-state index contributed by atoms with van der Waals surface area (Å²) in [5, 5.41) is 0. The molecule has 0 bridgehead atoms. The average molecular weight is 261 g/mol. The van der Waals surface area contributed by atoms with E-state index in [4.69, 9.17) is 9.96 Å². The van der Waals surface area contributed by atoms with Gasteiger partial charge in [0.2, 0.25) is 0 Å². The van der Waals surface area contributed by atoms with E-state index < -0.39 is 20.6 Å². The van der Waals surface area contributed by atoms with E-state index >= 15 is 0 Å². The van der Waals surface area contributed by atoms with Crippen molar-refractivity contribution in [3.63, 3.8) is 0 Å². The fraction of sp³-hybridized carbons (Fsp3) is 0. The molecule has 0 aliphatic carbocycles. The van der Waals surface area contributed by atoms with E-state index in [0.717, 1.165) is 0 Å². The molecule has 0 radical (unpaired) electrons. The van der Waals surface area contributed by atoms with Crippen LogP contribution in [0.1, 0.15) is 0 Å². The molecule has 0 aromatic rings. The quantitative estimate of drug-likeness (QED) is 0.408. The van der Waals surface area contributed by atoms with Crippen molar-refractivity contribution in [3.05, 3.63) is 0 Å². The minimum atomic E-state index is -4.29. The Kier molecular flexibility index (Phi) is 55.6. The van der Waals surface area contributed by atoms with Crippen LogP contribution in [0.15, 0.2) is 0 Å². The van der Waals surface area contributed by atoms with Crippen LogP contribution < -0.4 is 6.89 Å². The summed E-state index contributed by atoms with van der Waals surface area (Å²) in [6.07, 6.45) is 0. The Balaban J connectivity index is -0.0000000150. The molecule has 0 aliphatic heterocycles. The van der Waals surface area contributed by atoms with Crippen LogP contribution in [0.5, 0.6) is 0 Å². The van der Waals surface area contributed by atoms with Gasteiger partial charge in [-0.15, -0.1) is 0 Å². The van der Waals surface area contributed by atoms with E-state index in [2.05, 4.69) is 0 Å². The van der Waals surface area contributed by atoms with Gasteiger partial charge < -0.3 is 11.0 Å². The maximum atomic E-state index is 8.61. The van der Waals surface area contributed by atoms with Crippen molar-refractivity contribution in [2.75, 3.05) is 0 Å². The molecule has 48 valence electrons. The van der Waals surface area contributed by atoms with Crippen molar-refractivity contribution in [3.8, 4) is 0 Å². The Morgan fingerprint density at radius 1 is 1.14 bits per heavy atom. The van der Waals surface area contributed by atoms with Crippen molar-refractivity contribution in [2.45, 2.75) is 0 Å². The maximum absolute atomic E-state index is 8.61. The molecule has 0 atom stereocenters. The van der Waals surface area contributed by atoms with Crippen LogP contribution in [0.2, 0.25) is 0 Å². The van der Waals surface area contributed by atoms with Crippen molar-refractivity contribution in [1.29, 1.82) is 0 Å². The molecule has 0 fully saturated rings. The Labute approximate surface area is 58.1 Å². The van der Waals surface area contributed by atoms with Crippen molar-refractivity contribution < 1.29 is 37.4 Å². The van der Waals surface area contributed by atoms with Gasteiger partial charge in [-0.3, -0.25) is 0 Å². The van der Waals surface area contributed by atoms with E-state index in [-0.39, 0.29) is 27.4 Å². The summed E-state index contributed by atoms with van der Waals surface area (Å²) < 4.78 is 25.8. The first-order chi connectivity index (χ1) is 1.73. The van der Waals surface area contributed by atoms with Crippen LogP contribution in [-0.2, 0) is 19.6 Å². The second-order valence-electron chi connectivity index (χ2n) is 0.250. The summed E-state index contributed by atoms with van der Waals surface area (Å²) in [4.78, 5) is 0. The molecule has 0 unspecified atom stereocenters. The normalized spacial score (nSPS) is 3.71. The molecule has 0 aromatic heterocycles. The van der Waals surface area contributed by atoms with Gasteiger partial charge in [0.05, 0.1) is 0 Å². The van der Waals surface area contributed by atoms with Crippen molar-refractivity contribution >= 4 is 20.6 Å². The summed E-state index contributed by atoms with van der Waals surface area (Å²) in [5.41, 5.74) is 0. The van der Waals surface area contributed by atoms with E-state index in [1.54, 1.807) is 0 Å². The van der Waals surface area contributed by atoms with Crippen LogP contribution in [0, 0.1) is 0 Å². The molecule has 0 amide bonds. The zero-order valence-corrected chi connectivity index (χ0v) is 6.88. The van der Waals surface area contributed by atoms with Crippen molar-refractivity contribution in [1.82, 2.24) is 0 Å². The number of hydrogen-bond acceptors (Lipinski definition) is 3.